The van der Waals surface area contributed by atoms with Crippen LogP contribution in [0, 0.1) is 19.3 Å². The Labute approximate surface area is 166 Å². The molecule has 0 unspecified atom stereocenters. The van der Waals surface area contributed by atoms with Crippen molar-refractivity contribution in [2.24, 2.45) is 5.41 Å². The minimum atomic E-state index is 0.240. The summed E-state index contributed by atoms with van der Waals surface area (Å²) >= 11 is 0. The smallest absolute Gasteiger partial charge is 0.218 e. The third kappa shape index (κ3) is 4.34. The highest BCUT2D eigenvalue weighted by Crippen LogP contribution is 2.27. The van der Waals surface area contributed by atoms with Crippen molar-refractivity contribution < 1.29 is 9.47 Å². The number of pyridine rings is 1. The van der Waals surface area contributed by atoms with Crippen LogP contribution in [-0.4, -0.2) is 24.7 Å². The Hall–Kier alpha value is -2.43. The zero-order valence-corrected chi connectivity index (χ0v) is 16.9. The van der Waals surface area contributed by atoms with Gasteiger partial charge in [0.15, 0.2) is 0 Å². The van der Waals surface area contributed by atoms with E-state index in [-0.39, 0.29) is 5.41 Å². The molecule has 1 aliphatic heterocycles. The second-order valence-electron chi connectivity index (χ2n) is 8.33. The van der Waals surface area contributed by atoms with Gasteiger partial charge in [0.2, 0.25) is 5.88 Å². The molecule has 2 aromatic carbocycles. The van der Waals surface area contributed by atoms with Crippen LogP contribution in [0.4, 0.5) is 0 Å². The molecule has 4 nitrogen and oxygen atoms in total. The van der Waals surface area contributed by atoms with Gasteiger partial charge >= 0.3 is 0 Å². The summed E-state index contributed by atoms with van der Waals surface area (Å²) in [6.07, 6.45) is 0. The van der Waals surface area contributed by atoms with Gasteiger partial charge < -0.3 is 14.8 Å². The largest absolute Gasteiger partial charge is 0.473 e. The van der Waals surface area contributed by atoms with Crippen molar-refractivity contribution >= 4 is 10.9 Å². The van der Waals surface area contributed by atoms with E-state index in [9.17, 15) is 0 Å². The number of hydrogen-bond donors (Lipinski definition) is 1. The fraction of sp³-hybridized carbons (Fsp3) is 0.375. The number of nitrogens with zero attached hydrogens (tertiary/aromatic N) is 1. The summed E-state index contributed by atoms with van der Waals surface area (Å²) in [7, 11) is 0. The Morgan fingerprint density at radius 3 is 2.64 bits per heavy atom. The fourth-order valence-electron chi connectivity index (χ4n) is 3.56. The van der Waals surface area contributed by atoms with Crippen LogP contribution in [0.1, 0.15) is 29.2 Å². The van der Waals surface area contributed by atoms with Gasteiger partial charge in [0, 0.05) is 29.5 Å². The summed E-state index contributed by atoms with van der Waals surface area (Å²) in [5.74, 6) is 0.710. The molecule has 28 heavy (non-hydrogen) atoms. The van der Waals surface area contributed by atoms with Crippen LogP contribution in [-0.2, 0) is 17.9 Å². The van der Waals surface area contributed by atoms with Crippen molar-refractivity contribution in [3.8, 4) is 5.88 Å². The summed E-state index contributed by atoms with van der Waals surface area (Å²) in [5, 5.41) is 4.71. The van der Waals surface area contributed by atoms with E-state index < -0.39 is 0 Å². The van der Waals surface area contributed by atoms with Gasteiger partial charge in [-0.25, -0.2) is 4.98 Å². The molecule has 0 amide bonds. The number of nitrogens with one attached hydrogen (secondary N) is 1. The predicted molar refractivity (Wildman–Crippen MR) is 113 cm³/mol. The third-order valence-electron chi connectivity index (χ3n) is 5.24. The van der Waals surface area contributed by atoms with Gasteiger partial charge in [-0.15, -0.1) is 0 Å². The van der Waals surface area contributed by atoms with Crippen LogP contribution < -0.4 is 10.1 Å². The van der Waals surface area contributed by atoms with Crippen molar-refractivity contribution in [2.75, 3.05) is 19.8 Å². The van der Waals surface area contributed by atoms with E-state index in [4.69, 9.17) is 14.5 Å². The Morgan fingerprint density at radius 1 is 1.07 bits per heavy atom. The molecule has 4 heteroatoms. The van der Waals surface area contributed by atoms with E-state index in [0.717, 1.165) is 48.3 Å². The molecule has 1 N–H and O–H groups in total. The summed E-state index contributed by atoms with van der Waals surface area (Å²) in [6, 6.07) is 17.0. The van der Waals surface area contributed by atoms with Gasteiger partial charge in [0.1, 0.15) is 6.61 Å². The number of ether oxygens (including phenoxy) is 2. The molecule has 0 aliphatic carbocycles. The Kier molecular flexibility index (Phi) is 5.33. The molecule has 0 bridgehead atoms. The van der Waals surface area contributed by atoms with Crippen molar-refractivity contribution in [3.63, 3.8) is 0 Å². The standard InChI is InChI=1S/C24H28N2O2/c1-17-5-4-6-19(9-17)13-28-23-21(12-25-14-24(3)15-27-16-24)11-20-8-7-18(2)10-22(20)26-23/h4-11,25H,12-16H2,1-3H3. The maximum Gasteiger partial charge on any atom is 0.218 e. The highest BCUT2D eigenvalue weighted by atomic mass is 16.5. The van der Waals surface area contributed by atoms with E-state index in [0.29, 0.717) is 12.5 Å². The molecule has 4 rings (SSSR count). The van der Waals surface area contributed by atoms with Crippen molar-refractivity contribution in [3.05, 3.63) is 70.8 Å². The lowest BCUT2D eigenvalue weighted by Gasteiger charge is -2.38. The topological polar surface area (TPSA) is 43.4 Å². The van der Waals surface area contributed by atoms with E-state index in [1.165, 1.54) is 11.1 Å². The molecule has 1 fully saturated rings. The number of fused-ring (bicyclic) bond motifs is 1. The third-order valence-corrected chi connectivity index (χ3v) is 5.24. The molecule has 1 saturated heterocycles. The molecular weight excluding hydrogens is 348 g/mol. The molecule has 1 aromatic heterocycles. The van der Waals surface area contributed by atoms with Crippen LogP contribution in [0.25, 0.3) is 10.9 Å². The van der Waals surface area contributed by atoms with Crippen molar-refractivity contribution in [1.82, 2.24) is 10.3 Å². The Bertz CT molecular complexity index is 980. The van der Waals surface area contributed by atoms with E-state index in [2.05, 4.69) is 74.6 Å². The number of benzene rings is 2. The molecule has 0 radical (unpaired) electrons. The highest BCUT2D eigenvalue weighted by Gasteiger charge is 2.32. The van der Waals surface area contributed by atoms with Crippen LogP contribution >= 0.6 is 0 Å². The summed E-state index contributed by atoms with van der Waals surface area (Å²) in [6.45, 7) is 10.3. The minimum absolute atomic E-state index is 0.240. The van der Waals surface area contributed by atoms with E-state index in [1.807, 2.05) is 0 Å². The van der Waals surface area contributed by atoms with Crippen molar-refractivity contribution in [2.45, 2.75) is 33.9 Å². The zero-order valence-electron chi connectivity index (χ0n) is 16.9. The molecule has 0 spiro atoms. The average Bonchev–Trinajstić information content (AvgIpc) is 2.65. The molecule has 146 valence electrons. The second kappa shape index (κ2) is 7.90. The number of aryl methyl sites for hydroxylation is 2. The van der Waals surface area contributed by atoms with Gasteiger partial charge in [0.05, 0.1) is 18.7 Å². The van der Waals surface area contributed by atoms with E-state index in [1.54, 1.807) is 0 Å². The SMILES string of the molecule is Cc1cccc(COc2nc3cc(C)ccc3cc2CNCC2(C)COC2)c1. The molecule has 2 heterocycles. The first-order chi connectivity index (χ1) is 13.5. The monoisotopic (exact) mass is 376 g/mol. The van der Waals surface area contributed by atoms with Gasteiger partial charge in [0.25, 0.3) is 0 Å². The summed E-state index contributed by atoms with van der Waals surface area (Å²) in [5.41, 5.74) is 5.90. The first-order valence-electron chi connectivity index (χ1n) is 9.88. The normalized spacial score (nSPS) is 15.4. The number of rotatable bonds is 7. The quantitative estimate of drug-likeness (QED) is 0.657. The van der Waals surface area contributed by atoms with E-state index >= 15 is 0 Å². The van der Waals surface area contributed by atoms with Gasteiger partial charge in [-0.05, 0) is 37.1 Å². The maximum absolute atomic E-state index is 6.17. The number of aromatic nitrogens is 1. The molecule has 0 saturated carbocycles. The summed E-state index contributed by atoms with van der Waals surface area (Å²) in [4.78, 5) is 4.84. The molecule has 1 aliphatic rings. The second-order valence-corrected chi connectivity index (χ2v) is 8.33. The van der Waals surface area contributed by atoms with Crippen LogP contribution in [0.5, 0.6) is 5.88 Å². The highest BCUT2D eigenvalue weighted by molar-refractivity contribution is 5.80. The van der Waals surface area contributed by atoms with Gasteiger partial charge in [-0.2, -0.15) is 0 Å². The lowest BCUT2D eigenvalue weighted by Crippen LogP contribution is -2.47. The summed E-state index contributed by atoms with van der Waals surface area (Å²) < 4.78 is 11.5. The first kappa shape index (κ1) is 18.9. The molecular formula is C24H28N2O2. The maximum atomic E-state index is 6.17. The van der Waals surface area contributed by atoms with Crippen molar-refractivity contribution in [1.29, 1.82) is 0 Å². The molecule has 3 aromatic rings. The first-order valence-corrected chi connectivity index (χ1v) is 9.88. The van der Waals surface area contributed by atoms with Crippen LogP contribution in [0.3, 0.4) is 0 Å². The fourth-order valence-corrected chi connectivity index (χ4v) is 3.56. The average molecular weight is 377 g/mol. The predicted octanol–water partition coefficient (Wildman–Crippen LogP) is 4.56. The minimum Gasteiger partial charge on any atom is -0.473 e. The van der Waals surface area contributed by atoms with Crippen LogP contribution in [0.2, 0.25) is 0 Å². The van der Waals surface area contributed by atoms with Gasteiger partial charge in [-0.3, -0.25) is 0 Å². The zero-order chi connectivity index (χ0) is 19.6. The van der Waals surface area contributed by atoms with Crippen LogP contribution in [0.15, 0.2) is 48.5 Å². The number of hydrogen-bond acceptors (Lipinski definition) is 4. The lowest BCUT2D eigenvalue weighted by molar-refractivity contribution is -0.0991. The molecule has 0 atom stereocenters. The lowest BCUT2D eigenvalue weighted by atomic mass is 9.89. The van der Waals surface area contributed by atoms with Gasteiger partial charge in [-0.1, -0.05) is 48.9 Å². The Balaban J connectivity index is 1.55. The Morgan fingerprint density at radius 2 is 1.89 bits per heavy atom.